The van der Waals surface area contributed by atoms with Crippen molar-refractivity contribution in [3.05, 3.63) is 125 Å². The van der Waals surface area contributed by atoms with Crippen molar-refractivity contribution in [2.75, 3.05) is 14.1 Å². The van der Waals surface area contributed by atoms with E-state index in [1.54, 1.807) is 48.5 Å². The maximum Gasteiger partial charge on any atom is 0.328 e. The quantitative estimate of drug-likeness (QED) is 0.0713. The second-order valence-corrected chi connectivity index (χ2v) is 10.1. The maximum atomic E-state index is 12.2. The summed E-state index contributed by atoms with van der Waals surface area (Å²) in [6.07, 6.45) is 0. The van der Waals surface area contributed by atoms with E-state index in [-0.39, 0.29) is 39.1 Å². The molecule has 0 radical (unpaired) electrons. The molecule has 2 aromatic heterocycles. The first-order chi connectivity index (χ1) is 23.9. The molecular weight excluding hydrogens is 652 g/mol. The number of carbonyl (C=O) groups is 5. The van der Waals surface area contributed by atoms with Gasteiger partial charge in [-0.05, 0) is 10.8 Å². The van der Waals surface area contributed by atoms with Crippen LogP contribution in [0.3, 0.4) is 0 Å². The van der Waals surface area contributed by atoms with Crippen molar-refractivity contribution in [3.8, 4) is 5.88 Å². The number of aromatic hydroxyl groups is 1. The Balaban J connectivity index is 0.000000197. The summed E-state index contributed by atoms with van der Waals surface area (Å²) in [5.41, 5.74) is -2.23. The fraction of sp³-hybridized carbons (Fsp3) is 0.0625. The highest BCUT2D eigenvalue weighted by Crippen LogP contribution is 2.34. The van der Waals surface area contributed by atoms with E-state index < -0.39 is 52.4 Å². The number of hydrogen-bond donors (Lipinski definition) is 8. The molecule has 1 fully saturated rings. The number of benzene rings is 2. The summed E-state index contributed by atoms with van der Waals surface area (Å²) in [5, 5.41) is 20.5. The van der Waals surface area contributed by atoms with Crippen LogP contribution in [-0.2, 0) is 19.2 Å². The van der Waals surface area contributed by atoms with Gasteiger partial charge >= 0.3 is 11.7 Å². The summed E-state index contributed by atoms with van der Waals surface area (Å²) in [6.45, 7) is 14.5. The number of nitrogens with one attached hydrogen (secondary N) is 7. The second kappa shape index (κ2) is 13.5. The van der Waals surface area contributed by atoms with Crippen LogP contribution in [0.5, 0.6) is 5.88 Å². The highest BCUT2D eigenvalue weighted by atomic mass is 16.3. The summed E-state index contributed by atoms with van der Waals surface area (Å²) >= 11 is 0. The normalized spacial score (nSPS) is 14.5. The number of fused-ring (bicyclic) bond motifs is 2. The Bertz CT molecular complexity index is 2490. The van der Waals surface area contributed by atoms with Gasteiger partial charge in [-0.1, -0.05) is 48.5 Å². The highest BCUT2D eigenvalue weighted by Gasteiger charge is 2.36. The van der Waals surface area contributed by atoms with Crippen molar-refractivity contribution in [3.63, 3.8) is 0 Å². The van der Waals surface area contributed by atoms with Gasteiger partial charge in [0.25, 0.3) is 40.6 Å². The third-order valence-corrected chi connectivity index (χ3v) is 7.26. The van der Waals surface area contributed by atoms with Crippen LogP contribution in [0.4, 0.5) is 4.79 Å². The van der Waals surface area contributed by atoms with E-state index in [1.807, 2.05) is 20.6 Å². The molecule has 1 saturated heterocycles. The number of imide groups is 2. The number of barbiturate groups is 1. The average molecular weight is 675 g/mol. The lowest BCUT2D eigenvalue weighted by molar-refractivity contribution is -0.124. The number of aromatic nitrogens is 3. The smallest absolute Gasteiger partial charge is 0.328 e. The number of aliphatic imine (C=N–C) groups is 1. The standard InChI is InChI=1S/C16H9N5O6.C16H13N5O2/c22-11-7(12(23)19-15(26)18-11)9-5-3-1-2-4-6(5)10(17-9)8-13(24)20-16(27)21-14(8)25;1-17-13(15(22)19-3)11-9-7-5-6-8-10(9)12(21-11)14(18-2)16(23)20-4/h1-4H,(H2,18,19,22,23,26)(H3,20,21,24,25,27);5-8,21H,3-4H3,(H,19,22)(H,20,23)/b;13-11+,14-12+. The zero-order chi connectivity index (χ0) is 36.3. The van der Waals surface area contributed by atoms with E-state index in [1.165, 1.54) is 14.1 Å². The maximum absolute atomic E-state index is 12.2. The molecule has 248 valence electrons. The number of likely N-dealkylation sites (N-methyl/N-ethyl adjacent to an activating group) is 2. The predicted molar refractivity (Wildman–Crippen MR) is 176 cm³/mol. The molecule has 0 unspecified atom stereocenters. The minimum atomic E-state index is -0.959. The molecule has 0 saturated carbocycles. The SMILES string of the molecule is O=C1NC(=O)C(=C2N=C(c3c(O)[nH]c(=O)[nH]c3=O)c3ccccc32)C(=O)N1.[C-]#[N+]/C(C(=O)NC)=c1/[nH]/c(=C(/[N+]#[C-])C(=O)NC)c2ccccc12. The summed E-state index contributed by atoms with van der Waals surface area (Å²) in [7, 11) is 2.86. The Labute approximate surface area is 278 Å². The van der Waals surface area contributed by atoms with E-state index in [9.17, 15) is 38.7 Å². The van der Waals surface area contributed by atoms with Gasteiger partial charge in [0.2, 0.25) is 5.88 Å². The monoisotopic (exact) mass is 674 g/mol. The van der Waals surface area contributed by atoms with Gasteiger partial charge in [-0.25, -0.2) is 24.3 Å². The lowest BCUT2D eigenvalue weighted by Crippen LogP contribution is -2.51. The number of urea groups is 1. The largest absolute Gasteiger partial charge is 0.494 e. The average Bonchev–Trinajstić information content (AvgIpc) is 3.64. The predicted octanol–water partition coefficient (Wildman–Crippen LogP) is -1.59. The Morgan fingerprint density at radius 1 is 0.740 bits per heavy atom. The number of rotatable bonds is 3. The fourth-order valence-electron chi connectivity index (χ4n) is 5.11. The lowest BCUT2D eigenvalue weighted by atomic mass is 9.98. The van der Waals surface area contributed by atoms with E-state index in [0.717, 1.165) is 0 Å². The van der Waals surface area contributed by atoms with Gasteiger partial charge in [0.15, 0.2) is 0 Å². The van der Waals surface area contributed by atoms with Crippen molar-refractivity contribution in [2.45, 2.75) is 0 Å². The number of nitrogens with zero attached hydrogens (tertiary/aromatic N) is 3. The molecule has 0 atom stereocenters. The van der Waals surface area contributed by atoms with Crippen molar-refractivity contribution in [2.24, 2.45) is 4.99 Å². The number of carbonyl (C=O) groups excluding carboxylic acids is 5. The molecule has 4 heterocycles. The van der Waals surface area contributed by atoms with Gasteiger partial charge in [-0.3, -0.25) is 44.6 Å². The molecule has 0 spiro atoms. The number of hydrogen-bond acceptors (Lipinski definition) is 9. The molecule has 2 aliphatic rings. The van der Waals surface area contributed by atoms with Crippen LogP contribution in [0.2, 0.25) is 0 Å². The number of aromatic amines is 3. The van der Waals surface area contributed by atoms with E-state index in [2.05, 4.69) is 30.3 Å². The molecule has 50 heavy (non-hydrogen) atoms. The van der Waals surface area contributed by atoms with Crippen molar-refractivity contribution in [1.29, 1.82) is 0 Å². The molecule has 2 aliphatic heterocycles. The van der Waals surface area contributed by atoms with E-state index in [4.69, 9.17) is 13.1 Å². The molecule has 6 rings (SSSR count). The summed E-state index contributed by atoms with van der Waals surface area (Å²) < 4.78 is 0. The zero-order valence-corrected chi connectivity index (χ0v) is 25.8. The third kappa shape index (κ3) is 5.89. The first-order valence-electron chi connectivity index (χ1n) is 14.1. The van der Waals surface area contributed by atoms with Crippen LogP contribution in [0.15, 0.2) is 68.7 Å². The zero-order valence-electron chi connectivity index (χ0n) is 25.8. The molecular formula is C32H22N10O8. The Morgan fingerprint density at radius 2 is 1.24 bits per heavy atom. The Morgan fingerprint density at radius 3 is 1.72 bits per heavy atom. The molecule has 8 N–H and O–H groups in total. The molecule has 4 aromatic rings. The molecule has 18 heteroatoms. The summed E-state index contributed by atoms with van der Waals surface area (Å²) in [6, 6.07) is 12.4. The highest BCUT2D eigenvalue weighted by molar-refractivity contribution is 6.34. The molecule has 6 amide bonds. The number of amides is 6. The van der Waals surface area contributed by atoms with Crippen LogP contribution in [-0.4, -0.2) is 69.5 Å². The van der Waals surface area contributed by atoms with Crippen LogP contribution in [0.1, 0.15) is 16.7 Å². The fourth-order valence-corrected chi connectivity index (χ4v) is 5.11. The van der Waals surface area contributed by atoms with Gasteiger partial charge < -0.3 is 20.7 Å². The van der Waals surface area contributed by atoms with Gasteiger partial charge in [0.1, 0.15) is 11.1 Å². The Kier molecular flexibility index (Phi) is 9.03. The first-order valence-corrected chi connectivity index (χ1v) is 14.1. The Hall–Kier alpha value is -7.86. The number of H-pyrrole nitrogens is 3. The molecule has 2 aromatic carbocycles. The lowest BCUT2D eigenvalue weighted by Gasteiger charge is -2.15. The van der Waals surface area contributed by atoms with Crippen LogP contribution >= 0.6 is 0 Å². The van der Waals surface area contributed by atoms with Crippen LogP contribution in [0.25, 0.3) is 37.6 Å². The van der Waals surface area contributed by atoms with Crippen molar-refractivity contribution >= 4 is 63.2 Å². The van der Waals surface area contributed by atoms with Gasteiger partial charge in [-0.2, -0.15) is 0 Å². The third-order valence-electron chi connectivity index (χ3n) is 7.26. The molecule has 0 aliphatic carbocycles. The summed E-state index contributed by atoms with van der Waals surface area (Å²) in [4.78, 5) is 100. The van der Waals surface area contributed by atoms with Gasteiger partial charge in [0.05, 0.1) is 35.3 Å². The molecule has 0 bridgehead atoms. The second-order valence-electron chi connectivity index (χ2n) is 10.1. The van der Waals surface area contributed by atoms with Crippen molar-refractivity contribution < 1.29 is 29.1 Å². The van der Waals surface area contributed by atoms with Crippen LogP contribution in [0, 0.1) is 13.1 Å². The topological polar surface area (TPSA) is 256 Å². The first kappa shape index (κ1) is 33.5. The minimum absolute atomic E-state index is 0.0411. The van der Waals surface area contributed by atoms with Crippen LogP contribution < -0.4 is 43.2 Å². The van der Waals surface area contributed by atoms with Crippen molar-refractivity contribution in [1.82, 2.24) is 36.2 Å². The van der Waals surface area contributed by atoms with E-state index >= 15 is 0 Å². The molecule has 18 nitrogen and oxygen atoms in total. The van der Waals surface area contributed by atoms with Gasteiger partial charge in [-0.15, -0.1) is 0 Å². The van der Waals surface area contributed by atoms with E-state index in [0.29, 0.717) is 21.9 Å². The minimum Gasteiger partial charge on any atom is -0.494 e. The van der Waals surface area contributed by atoms with Gasteiger partial charge in [0, 0.05) is 25.2 Å². The summed E-state index contributed by atoms with van der Waals surface area (Å²) in [5.74, 6) is -3.68.